The fourth-order valence-corrected chi connectivity index (χ4v) is 4.96. The van der Waals surface area contributed by atoms with Crippen LogP contribution in [0.4, 0.5) is 0 Å². The largest absolute Gasteiger partial charge is 0.494 e. The van der Waals surface area contributed by atoms with Crippen LogP contribution in [0.25, 0.3) is 11.1 Å². The summed E-state index contributed by atoms with van der Waals surface area (Å²) in [5.41, 5.74) is 3.80. The maximum absolute atomic E-state index is 13.6. The van der Waals surface area contributed by atoms with Crippen LogP contribution in [-0.2, 0) is 23.1 Å². The van der Waals surface area contributed by atoms with Gasteiger partial charge in [0.2, 0.25) is 10.0 Å². The van der Waals surface area contributed by atoms with Crippen LogP contribution in [0.1, 0.15) is 18.2 Å². The number of nitrogens with zero attached hydrogens (tertiary/aromatic N) is 2. The minimum Gasteiger partial charge on any atom is -0.494 e. The van der Waals surface area contributed by atoms with Crippen LogP contribution < -0.4 is 4.74 Å². The quantitative estimate of drug-likeness (QED) is 0.330. The van der Waals surface area contributed by atoms with Gasteiger partial charge in [-0.15, -0.1) is 0 Å². The van der Waals surface area contributed by atoms with Crippen molar-refractivity contribution in [2.75, 3.05) is 6.61 Å². The summed E-state index contributed by atoms with van der Waals surface area (Å²) in [7, 11) is -3.75. The topological polar surface area (TPSA) is 59.5 Å². The molecule has 33 heavy (non-hydrogen) atoms. The van der Waals surface area contributed by atoms with Crippen LogP contribution in [0.15, 0.2) is 108 Å². The Kier molecular flexibility index (Phi) is 7.17. The predicted octanol–water partition coefficient (Wildman–Crippen LogP) is 5.54. The second kappa shape index (κ2) is 10.4. The third-order valence-electron chi connectivity index (χ3n) is 5.26. The lowest BCUT2D eigenvalue weighted by molar-refractivity contribution is 0.340. The number of hydrogen-bond acceptors (Lipinski definition) is 4. The highest BCUT2D eigenvalue weighted by molar-refractivity contribution is 7.89. The molecule has 0 N–H and O–H groups in total. The molecule has 0 saturated heterocycles. The average Bonchev–Trinajstić information content (AvgIpc) is 2.86. The Hall–Kier alpha value is -3.48. The summed E-state index contributed by atoms with van der Waals surface area (Å²) in [5, 5.41) is 0. The molecule has 0 bridgehead atoms. The molecule has 0 aliphatic carbocycles. The SMILES string of the molecule is CCOc1ccc(S(=O)(=O)N(Cc2ccc(-c3ccccc3)cc2)Cc2ccccn2)cc1. The van der Waals surface area contributed by atoms with Gasteiger partial charge in [0.05, 0.1) is 23.7 Å². The summed E-state index contributed by atoms with van der Waals surface area (Å²) in [5.74, 6) is 0.643. The van der Waals surface area contributed by atoms with Crippen molar-refractivity contribution in [2.45, 2.75) is 24.9 Å². The molecule has 0 aliphatic heterocycles. The van der Waals surface area contributed by atoms with E-state index in [0.717, 1.165) is 16.7 Å². The van der Waals surface area contributed by atoms with E-state index in [0.29, 0.717) is 18.1 Å². The van der Waals surface area contributed by atoms with E-state index >= 15 is 0 Å². The van der Waals surface area contributed by atoms with Crippen molar-refractivity contribution >= 4 is 10.0 Å². The minimum absolute atomic E-state index is 0.177. The van der Waals surface area contributed by atoms with Crippen LogP contribution in [0.2, 0.25) is 0 Å². The molecule has 1 aromatic heterocycles. The highest BCUT2D eigenvalue weighted by Crippen LogP contribution is 2.25. The van der Waals surface area contributed by atoms with E-state index in [2.05, 4.69) is 17.1 Å². The van der Waals surface area contributed by atoms with E-state index in [1.54, 1.807) is 30.5 Å². The van der Waals surface area contributed by atoms with Gasteiger partial charge in [0, 0.05) is 12.7 Å². The molecule has 0 unspecified atom stereocenters. The summed E-state index contributed by atoms with van der Waals surface area (Å²) >= 11 is 0. The first-order valence-corrected chi connectivity index (χ1v) is 12.3. The van der Waals surface area contributed by atoms with Gasteiger partial charge in [0.15, 0.2) is 0 Å². The molecule has 0 spiro atoms. The van der Waals surface area contributed by atoms with Gasteiger partial charge in [-0.3, -0.25) is 4.98 Å². The summed E-state index contributed by atoms with van der Waals surface area (Å²) in [6.07, 6.45) is 1.67. The molecule has 0 amide bonds. The Balaban J connectivity index is 1.62. The van der Waals surface area contributed by atoms with Crippen molar-refractivity contribution in [1.82, 2.24) is 9.29 Å². The second-order valence-electron chi connectivity index (χ2n) is 7.56. The summed E-state index contributed by atoms with van der Waals surface area (Å²) < 4.78 is 34.0. The normalized spacial score (nSPS) is 11.5. The maximum atomic E-state index is 13.6. The smallest absolute Gasteiger partial charge is 0.243 e. The predicted molar refractivity (Wildman–Crippen MR) is 130 cm³/mol. The Morgan fingerprint density at radius 2 is 1.42 bits per heavy atom. The van der Waals surface area contributed by atoms with E-state index in [-0.39, 0.29) is 18.0 Å². The van der Waals surface area contributed by atoms with Crippen molar-refractivity contribution in [1.29, 1.82) is 0 Å². The molecule has 0 saturated carbocycles. The van der Waals surface area contributed by atoms with Crippen molar-refractivity contribution in [2.24, 2.45) is 0 Å². The Labute approximate surface area is 195 Å². The van der Waals surface area contributed by atoms with Gasteiger partial charge in [0.25, 0.3) is 0 Å². The van der Waals surface area contributed by atoms with Crippen LogP contribution in [0.5, 0.6) is 5.75 Å². The molecule has 1 heterocycles. The Morgan fingerprint density at radius 1 is 0.758 bits per heavy atom. The van der Waals surface area contributed by atoms with E-state index in [4.69, 9.17) is 4.74 Å². The fourth-order valence-electron chi connectivity index (χ4n) is 3.56. The number of benzene rings is 3. The highest BCUT2D eigenvalue weighted by atomic mass is 32.2. The van der Waals surface area contributed by atoms with Gasteiger partial charge in [-0.1, -0.05) is 60.7 Å². The van der Waals surface area contributed by atoms with Gasteiger partial charge < -0.3 is 4.74 Å². The zero-order valence-corrected chi connectivity index (χ0v) is 19.3. The lowest BCUT2D eigenvalue weighted by atomic mass is 10.0. The third kappa shape index (κ3) is 5.66. The lowest BCUT2D eigenvalue weighted by Crippen LogP contribution is -2.30. The second-order valence-corrected chi connectivity index (χ2v) is 9.50. The van der Waals surface area contributed by atoms with Gasteiger partial charge in [-0.05, 0) is 60.0 Å². The van der Waals surface area contributed by atoms with Gasteiger partial charge >= 0.3 is 0 Å². The molecule has 6 heteroatoms. The Morgan fingerprint density at radius 3 is 2.06 bits per heavy atom. The van der Waals surface area contributed by atoms with Crippen LogP contribution in [0, 0.1) is 0 Å². The molecule has 3 aromatic carbocycles. The highest BCUT2D eigenvalue weighted by Gasteiger charge is 2.25. The molecule has 0 aliphatic rings. The van der Waals surface area contributed by atoms with Crippen molar-refractivity contribution < 1.29 is 13.2 Å². The molecular formula is C27H26N2O3S. The summed E-state index contributed by atoms with van der Waals surface area (Å²) in [6, 6.07) is 30.1. The molecule has 0 fully saturated rings. The van der Waals surface area contributed by atoms with Gasteiger partial charge in [0.1, 0.15) is 5.75 Å². The van der Waals surface area contributed by atoms with Crippen LogP contribution in [-0.4, -0.2) is 24.3 Å². The first-order chi connectivity index (χ1) is 16.1. The fraction of sp³-hybridized carbons (Fsp3) is 0.148. The zero-order chi connectivity index (χ0) is 23.1. The van der Waals surface area contributed by atoms with Gasteiger partial charge in [-0.2, -0.15) is 4.31 Å². The maximum Gasteiger partial charge on any atom is 0.243 e. The number of ether oxygens (including phenoxy) is 1. The molecule has 4 rings (SSSR count). The number of hydrogen-bond donors (Lipinski definition) is 0. The first kappa shape index (κ1) is 22.7. The monoisotopic (exact) mass is 458 g/mol. The minimum atomic E-state index is -3.75. The Bertz CT molecular complexity index is 1260. The third-order valence-corrected chi connectivity index (χ3v) is 7.06. The number of aromatic nitrogens is 1. The standard InChI is InChI=1S/C27H26N2O3S/c1-2-32-26-15-17-27(18-16-26)33(30,31)29(21-25-10-6-7-19-28-25)20-22-11-13-24(14-12-22)23-8-4-3-5-9-23/h3-19H,2,20-21H2,1H3. The van der Waals surface area contributed by atoms with Crippen LogP contribution >= 0.6 is 0 Å². The van der Waals surface area contributed by atoms with Gasteiger partial charge in [-0.25, -0.2) is 8.42 Å². The molecule has 4 aromatic rings. The van der Waals surface area contributed by atoms with E-state index in [9.17, 15) is 8.42 Å². The molecular weight excluding hydrogens is 432 g/mol. The zero-order valence-electron chi connectivity index (χ0n) is 18.5. The lowest BCUT2D eigenvalue weighted by Gasteiger charge is -2.22. The molecule has 168 valence electrons. The number of rotatable bonds is 9. The number of sulfonamides is 1. The molecule has 5 nitrogen and oxygen atoms in total. The van der Waals surface area contributed by atoms with Crippen molar-refractivity contribution in [3.63, 3.8) is 0 Å². The van der Waals surface area contributed by atoms with Crippen LogP contribution in [0.3, 0.4) is 0 Å². The summed E-state index contributed by atoms with van der Waals surface area (Å²) in [4.78, 5) is 4.56. The van der Waals surface area contributed by atoms with E-state index < -0.39 is 10.0 Å². The van der Waals surface area contributed by atoms with E-state index in [1.165, 1.54) is 4.31 Å². The summed E-state index contributed by atoms with van der Waals surface area (Å²) in [6.45, 7) is 2.83. The van der Waals surface area contributed by atoms with Crippen molar-refractivity contribution in [3.8, 4) is 16.9 Å². The molecule has 0 atom stereocenters. The van der Waals surface area contributed by atoms with Crippen molar-refractivity contribution in [3.05, 3.63) is 115 Å². The average molecular weight is 459 g/mol. The first-order valence-electron chi connectivity index (χ1n) is 10.8. The molecule has 0 radical (unpaired) electrons. The van der Waals surface area contributed by atoms with E-state index in [1.807, 2.05) is 67.6 Å². The number of pyridine rings is 1.